The second-order valence-electron chi connectivity index (χ2n) is 22.8. The number of phenolic OH excluding ortho intramolecular Hbond substituents is 5. The highest BCUT2D eigenvalue weighted by atomic mass is 19.1. The molecule has 0 amide bonds. The first-order chi connectivity index (χ1) is 45.7. The van der Waals surface area contributed by atoms with Gasteiger partial charge in [-0.05, 0) is 119 Å². The molecule has 522 valence electrons. The van der Waals surface area contributed by atoms with Gasteiger partial charge in [-0.25, -0.2) is 22.0 Å². The van der Waals surface area contributed by atoms with Gasteiger partial charge in [0.1, 0.15) is 0 Å². The number of aryl methyl sites for hydroxylation is 2. The first kappa shape index (κ1) is 75.7. The van der Waals surface area contributed by atoms with E-state index in [1.165, 1.54) is 77.0 Å². The second kappa shape index (κ2) is 32.4. The number of esters is 4. The van der Waals surface area contributed by atoms with Crippen LogP contribution in [0, 0.1) is 63.7 Å². The molecule has 5 heterocycles. The van der Waals surface area contributed by atoms with Crippen LogP contribution in [0.2, 0.25) is 0 Å². The number of methoxy groups -OCH3 is 4. The van der Waals surface area contributed by atoms with Crippen molar-refractivity contribution in [2.75, 3.05) is 62.3 Å². The summed E-state index contributed by atoms with van der Waals surface area (Å²) in [6, 6.07) is 13.4. The van der Waals surface area contributed by atoms with E-state index in [0.29, 0.717) is 78.2 Å². The Morgan fingerprint density at radius 3 is 1.12 bits per heavy atom. The highest BCUT2D eigenvalue weighted by Gasteiger charge is 2.25. The molecule has 5 aromatic carbocycles. The highest BCUT2D eigenvalue weighted by Crippen LogP contribution is 2.37. The van der Waals surface area contributed by atoms with Crippen LogP contribution < -0.4 is 0 Å². The first-order valence-corrected chi connectivity index (χ1v) is 30.0. The van der Waals surface area contributed by atoms with Crippen molar-refractivity contribution in [1.29, 1.82) is 0 Å². The lowest BCUT2D eigenvalue weighted by Gasteiger charge is -2.13. The molecule has 5 aromatic heterocycles. The Morgan fingerprint density at radius 1 is 0.412 bits per heavy atom. The number of nitrogens with zero attached hydrogens (tertiary/aromatic N) is 6. The molecule has 10 aromatic rings. The van der Waals surface area contributed by atoms with E-state index in [4.69, 9.17) is 15.3 Å². The number of benzene rings is 5. The van der Waals surface area contributed by atoms with Crippen molar-refractivity contribution in [1.82, 2.24) is 27.7 Å². The van der Waals surface area contributed by atoms with Crippen molar-refractivity contribution in [3.05, 3.63) is 146 Å². The van der Waals surface area contributed by atoms with Gasteiger partial charge in [0.05, 0.1) is 101 Å². The maximum atomic E-state index is 14.2. The lowest BCUT2D eigenvalue weighted by atomic mass is 10.1. The number of aromatic nitrogens is 5. The molecule has 8 N–H and O–H groups in total. The van der Waals surface area contributed by atoms with Crippen LogP contribution in [0.4, 0.5) is 22.0 Å². The Bertz CT molecular complexity index is 4610. The number of hydrogen-bond acceptors (Lipinski definition) is 17. The number of carbonyl (C=O) groups excluding carboxylic acids is 4. The number of halogens is 5. The van der Waals surface area contributed by atoms with Gasteiger partial charge in [0.25, 0.3) is 0 Å². The summed E-state index contributed by atoms with van der Waals surface area (Å²) in [6.45, 7) is 10.7. The molecule has 0 spiro atoms. The van der Waals surface area contributed by atoms with Crippen molar-refractivity contribution in [3.8, 4) is 28.7 Å². The summed E-state index contributed by atoms with van der Waals surface area (Å²) in [7, 11) is 12.6. The van der Waals surface area contributed by atoms with Gasteiger partial charge in [0.2, 0.25) is 0 Å². The number of aliphatic hydroxyl groups is 2. The number of aliphatic hydroxyl groups excluding tert-OH is 2. The van der Waals surface area contributed by atoms with Crippen LogP contribution in [0.15, 0.2) is 60.7 Å². The van der Waals surface area contributed by atoms with E-state index in [2.05, 4.69) is 18.9 Å². The standard InChI is InChI=1S/C15H19FN2O3.2C14H16FNO4.2C13H14FNO3/c1-9-10(7-15(20)21)11-6-14(19)12(16)8-13(11)18(9)5-4-17(2)3;1-8-9(6-14(19)20-2)10-5-13(18)11(15)7-12(10)16(8)3-4-17;1-8-9(7-12(19)20-2)13-10(16(8)5-6-17)3-4-11(18)14(13)15;1-7-8(5-13(17)18-3)9-4-12(16)10(14)6-11(9)15(7)2;1-7-8(6-11(17)18-3)12-9(15(7)2)4-5-10(16)13(12)14/h6,8,19H,4-5,7H2,1-3H3,(H,20,21);5,7,17-18H,3-4,6H2,1-2H3;3-4,17-18H,5-7H2,1-2H3;4,6,16H,5H2,1-3H3;4-5,16H,6H2,1-3H3. The molecule has 0 aliphatic heterocycles. The lowest BCUT2D eigenvalue weighted by Crippen LogP contribution is -2.19. The van der Waals surface area contributed by atoms with Crippen molar-refractivity contribution in [2.45, 2.75) is 86.4 Å². The monoisotopic (exact) mass is 1360 g/mol. The van der Waals surface area contributed by atoms with E-state index >= 15 is 0 Å². The summed E-state index contributed by atoms with van der Waals surface area (Å²) in [4.78, 5) is 58.7. The number of aromatic hydroxyl groups is 5. The van der Waals surface area contributed by atoms with E-state index in [9.17, 15) is 71.5 Å². The number of carbonyl (C=O) groups is 5. The fourth-order valence-electron chi connectivity index (χ4n) is 11.5. The van der Waals surface area contributed by atoms with Crippen LogP contribution in [-0.2, 0) is 109 Å². The minimum Gasteiger partial charge on any atom is -0.505 e. The summed E-state index contributed by atoms with van der Waals surface area (Å²) in [6.07, 6.45) is -0.118. The summed E-state index contributed by atoms with van der Waals surface area (Å²) in [5, 5.41) is 77.0. The van der Waals surface area contributed by atoms with Gasteiger partial charge in [0, 0.05) is 114 Å². The fourth-order valence-corrected chi connectivity index (χ4v) is 11.5. The molecular formula is C69H79F5N6O17. The molecule has 23 nitrogen and oxygen atoms in total. The van der Waals surface area contributed by atoms with Crippen molar-refractivity contribution in [3.63, 3.8) is 0 Å². The molecule has 10 rings (SSSR count). The van der Waals surface area contributed by atoms with Gasteiger partial charge >= 0.3 is 29.8 Å². The summed E-state index contributed by atoms with van der Waals surface area (Å²) in [5.74, 6) is -8.46. The van der Waals surface area contributed by atoms with Crippen molar-refractivity contribution < 1.29 is 106 Å². The Morgan fingerprint density at radius 2 is 0.722 bits per heavy atom. The van der Waals surface area contributed by atoms with Crippen LogP contribution in [0.1, 0.15) is 56.3 Å². The van der Waals surface area contributed by atoms with E-state index in [1.807, 2.05) is 37.4 Å². The molecule has 28 heteroatoms. The largest absolute Gasteiger partial charge is 0.505 e. The molecule has 0 unspecified atom stereocenters. The Labute approximate surface area is 553 Å². The van der Waals surface area contributed by atoms with Crippen LogP contribution >= 0.6 is 0 Å². The zero-order chi connectivity index (χ0) is 72.3. The number of fused-ring (bicyclic) bond motifs is 5. The number of rotatable bonds is 17. The van der Waals surface area contributed by atoms with Gasteiger partial charge in [0.15, 0.2) is 57.8 Å². The minimum atomic E-state index is -0.950. The molecule has 0 aliphatic rings. The van der Waals surface area contributed by atoms with Crippen molar-refractivity contribution >= 4 is 84.4 Å². The minimum absolute atomic E-state index is 0.0138. The molecule has 0 fully saturated rings. The maximum Gasteiger partial charge on any atom is 0.310 e. The van der Waals surface area contributed by atoms with Crippen molar-refractivity contribution in [2.24, 2.45) is 14.1 Å². The molecule has 0 aliphatic carbocycles. The fraction of sp³-hybridized carbons (Fsp3) is 0.348. The third kappa shape index (κ3) is 16.5. The van der Waals surface area contributed by atoms with Gasteiger partial charge in [-0.3, -0.25) is 24.0 Å². The number of carboxylic acids is 1. The van der Waals surface area contributed by atoms with Crippen LogP contribution in [-0.4, -0.2) is 161 Å². The first-order valence-electron chi connectivity index (χ1n) is 30.0. The van der Waals surface area contributed by atoms with E-state index in [0.717, 1.165) is 34.9 Å². The number of ether oxygens (including phenoxy) is 4. The third-order valence-corrected chi connectivity index (χ3v) is 16.9. The summed E-state index contributed by atoms with van der Waals surface area (Å²) in [5.41, 5.74) is 9.83. The topological polar surface area (TPSA) is 312 Å². The van der Waals surface area contributed by atoms with Crippen LogP contribution in [0.3, 0.4) is 0 Å². The summed E-state index contributed by atoms with van der Waals surface area (Å²) < 4.78 is 96.1. The third-order valence-electron chi connectivity index (χ3n) is 16.9. The number of hydrogen-bond donors (Lipinski definition) is 8. The van der Waals surface area contributed by atoms with E-state index in [1.54, 1.807) is 65.3 Å². The van der Waals surface area contributed by atoms with E-state index in [-0.39, 0.29) is 75.1 Å². The van der Waals surface area contributed by atoms with Gasteiger partial charge < -0.3 is 87.5 Å². The predicted octanol–water partition coefficient (Wildman–Crippen LogP) is 9.08. The quantitative estimate of drug-likeness (QED) is 0.0239. The lowest BCUT2D eigenvalue weighted by molar-refractivity contribution is -0.140. The van der Waals surface area contributed by atoms with E-state index < -0.39 is 81.7 Å². The normalized spacial score (nSPS) is 11.1. The number of phenols is 5. The zero-order valence-corrected chi connectivity index (χ0v) is 55.9. The molecular weight excluding hydrogens is 1280 g/mol. The molecule has 0 radical (unpaired) electrons. The molecule has 0 saturated heterocycles. The SMILES string of the molecule is COC(=O)Cc1c(C)n(C)c2cc(F)c(O)cc12.COC(=O)Cc1c(C)n(C)c2ccc(O)c(F)c12.COC(=O)Cc1c(C)n(CCO)c2cc(F)c(O)cc12.COC(=O)Cc1c(C)n(CCO)c2ccc(O)c(F)c12.Cc1c(CC(=O)O)c2cc(O)c(F)cc2n1CCN(C)C. The maximum absolute atomic E-state index is 14.2. The number of aliphatic carboxylic acids is 1. The predicted molar refractivity (Wildman–Crippen MR) is 350 cm³/mol. The molecule has 0 saturated carbocycles. The van der Waals surface area contributed by atoms with Crippen LogP contribution in [0.5, 0.6) is 28.7 Å². The second-order valence-corrected chi connectivity index (χ2v) is 22.8. The Kier molecular flexibility index (Phi) is 25.3. The average Bonchev–Trinajstić information content (AvgIpc) is 1.66. The molecule has 0 atom stereocenters. The van der Waals surface area contributed by atoms with Gasteiger partial charge in [-0.1, -0.05) is 0 Å². The van der Waals surface area contributed by atoms with Crippen LogP contribution in [0.25, 0.3) is 54.5 Å². The average molecular weight is 1360 g/mol. The smallest absolute Gasteiger partial charge is 0.310 e. The number of likely N-dealkylation sites (N-methyl/N-ethyl adjacent to an activating group) is 1. The van der Waals surface area contributed by atoms with Gasteiger partial charge in [-0.15, -0.1) is 0 Å². The van der Waals surface area contributed by atoms with Gasteiger partial charge in [-0.2, -0.15) is 0 Å². The molecule has 97 heavy (non-hydrogen) atoms. The Hall–Kier alpha value is -10.3. The molecule has 0 bridgehead atoms. The highest BCUT2D eigenvalue weighted by molar-refractivity contribution is 5.95. The Balaban J connectivity index is 0.000000192. The number of carboxylic acid groups (broad SMARTS) is 1. The summed E-state index contributed by atoms with van der Waals surface area (Å²) >= 11 is 0. The zero-order valence-electron chi connectivity index (χ0n) is 55.9.